The SMILES string of the molecule is CC(C)N1C[C@@H](C)[C@@H](NC(=O)c2cc(C3CCC3)on2)C1. The zero-order valence-electron chi connectivity index (χ0n) is 13.1. The minimum atomic E-state index is -0.105. The van der Waals surface area contributed by atoms with Crippen molar-refractivity contribution in [3.05, 3.63) is 17.5 Å². The van der Waals surface area contributed by atoms with Crippen LogP contribution in [0.5, 0.6) is 0 Å². The van der Waals surface area contributed by atoms with Gasteiger partial charge in [-0.25, -0.2) is 0 Å². The third kappa shape index (κ3) is 2.98. The number of hydrogen-bond acceptors (Lipinski definition) is 4. The van der Waals surface area contributed by atoms with Gasteiger partial charge in [0.1, 0.15) is 5.76 Å². The Bertz CT molecular complexity index is 507. The van der Waals surface area contributed by atoms with Gasteiger partial charge in [0.15, 0.2) is 5.69 Å². The zero-order valence-corrected chi connectivity index (χ0v) is 13.1. The highest BCUT2D eigenvalue weighted by molar-refractivity contribution is 5.92. The van der Waals surface area contributed by atoms with E-state index in [1.165, 1.54) is 6.42 Å². The number of likely N-dealkylation sites (tertiary alicyclic amines) is 1. The summed E-state index contributed by atoms with van der Waals surface area (Å²) in [4.78, 5) is 14.7. The fourth-order valence-corrected chi connectivity index (χ4v) is 3.14. The van der Waals surface area contributed by atoms with Crippen molar-refractivity contribution in [2.75, 3.05) is 13.1 Å². The van der Waals surface area contributed by atoms with E-state index in [1.54, 1.807) is 0 Å². The second-order valence-electron chi connectivity index (χ2n) is 6.85. The second-order valence-corrected chi connectivity index (χ2v) is 6.85. The summed E-state index contributed by atoms with van der Waals surface area (Å²) in [6.45, 7) is 8.53. The van der Waals surface area contributed by atoms with E-state index in [9.17, 15) is 4.79 Å². The van der Waals surface area contributed by atoms with Gasteiger partial charge in [0.05, 0.1) is 0 Å². The van der Waals surface area contributed by atoms with E-state index in [-0.39, 0.29) is 11.9 Å². The first kappa shape index (κ1) is 14.6. The number of carbonyl (C=O) groups is 1. The van der Waals surface area contributed by atoms with Crippen molar-refractivity contribution in [2.45, 2.75) is 58.0 Å². The first-order chi connectivity index (χ1) is 10.0. The van der Waals surface area contributed by atoms with E-state index in [0.29, 0.717) is 23.6 Å². The molecule has 2 aliphatic rings. The van der Waals surface area contributed by atoms with E-state index >= 15 is 0 Å². The smallest absolute Gasteiger partial charge is 0.273 e. The van der Waals surface area contributed by atoms with Gasteiger partial charge in [0.25, 0.3) is 5.91 Å². The molecule has 5 nitrogen and oxygen atoms in total. The minimum absolute atomic E-state index is 0.105. The molecular formula is C16H25N3O2. The van der Waals surface area contributed by atoms with E-state index < -0.39 is 0 Å². The molecule has 5 heteroatoms. The van der Waals surface area contributed by atoms with Gasteiger partial charge in [-0.3, -0.25) is 9.69 Å². The van der Waals surface area contributed by atoms with Gasteiger partial charge in [-0.05, 0) is 32.6 Å². The third-order valence-corrected chi connectivity index (χ3v) is 4.96. The number of nitrogens with zero attached hydrogens (tertiary/aromatic N) is 2. The maximum atomic E-state index is 12.3. The molecule has 0 radical (unpaired) electrons. The lowest BCUT2D eigenvalue weighted by Crippen LogP contribution is -2.40. The van der Waals surface area contributed by atoms with Gasteiger partial charge in [-0.15, -0.1) is 0 Å². The van der Waals surface area contributed by atoms with E-state index in [0.717, 1.165) is 31.7 Å². The fourth-order valence-electron chi connectivity index (χ4n) is 3.14. The average Bonchev–Trinajstić information content (AvgIpc) is 2.95. The monoisotopic (exact) mass is 291 g/mol. The highest BCUT2D eigenvalue weighted by atomic mass is 16.5. The normalized spacial score (nSPS) is 27.0. The standard InChI is InChI=1S/C16H25N3O2/c1-10(2)19-8-11(3)14(9-19)17-16(20)13-7-15(21-18-13)12-5-4-6-12/h7,10-12,14H,4-6,8-9H2,1-3H3,(H,17,20)/t11-,14+/m1/s1. The molecule has 1 N–H and O–H groups in total. The average molecular weight is 291 g/mol. The number of rotatable bonds is 4. The summed E-state index contributed by atoms with van der Waals surface area (Å²) in [5, 5.41) is 7.05. The first-order valence-electron chi connectivity index (χ1n) is 8.06. The summed E-state index contributed by atoms with van der Waals surface area (Å²) in [5.41, 5.74) is 0.423. The van der Waals surface area contributed by atoms with Crippen molar-refractivity contribution in [2.24, 2.45) is 5.92 Å². The van der Waals surface area contributed by atoms with Crippen LogP contribution in [0.15, 0.2) is 10.6 Å². The molecule has 1 aromatic rings. The highest BCUT2D eigenvalue weighted by Crippen LogP contribution is 2.36. The van der Waals surface area contributed by atoms with Crippen molar-refractivity contribution in [1.29, 1.82) is 0 Å². The van der Waals surface area contributed by atoms with Crippen LogP contribution in [0.3, 0.4) is 0 Å². The lowest BCUT2D eigenvalue weighted by atomic mass is 9.83. The van der Waals surface area contributed by atoms with E-state index in [2.05, 4.69) is 36.1 Å². The Morgan fingerprint density at radius 2 is 2.19 bits per heavy atom. The van der Waals surface area contributed by atoms with Crippen molar-refractivity contribution in [1.82, 2.24) is 15.4 Å². The van der Waals surface area contributed by atoms with Gasteiger partial charge in [0.2, 0.25) is 0 Å². The maximum absolute atomic E-state index is 12.3. The summed E-state index contributed by atoms with van der Waals surface area (Å²) < 4.78 is 5.32. The molecule has 0 spiro atoms. The molecule has 116 valence electrons. The molecule has 1 aliphatic carbocycles. The van der Waals surface area contributed by atoms with Gasteiger partial charge < -0.3 is 9.84 Å². The fraction of sp³-hybridized carbons (Fsp3) is 0.750. The number of aromatic nitrogens is 1. The molecule has 1 aromatic heterocycles. The Balaban J connectivity index is 1.59. The lowest BCUT2D eigenvalue weighted by Gasteiger charge is -2.21. The molecule has 3 rings (SSSR count). The molecule has 2 heterocycles. The molecule has 2 fully saturated rings. The first-order valence-corrected chi connectivity index (χ1v) is 8.06. The summed E-state index contributed by atoms with van der Waals surface area (Å²) >= 11 is 0. The molecule has 1 saturated heterocycles. The quantitative estimate of drug-likeness (QED) is 0.925. The molecular weight excluding hydrogens is 266 g/mol. The van der Waals surface area contributed by atoms with Crippen LogP contribution in [0, 0.1) is 5.92 Å². The van der Waals surface area contributed by atoms with E-state index in [4.69, 9.17) is 4.52 Å². The van der Waals surface area contributed by atoms with Crippen LogP contribution >= 0.6 is 0 Å². The highest BCUT2D eigenvalue weighted by Gasteiger charge is 2.33. The Morgan fingerprint density at radius 3 is 2.76 bits per heavy atom. The van der Waals surface area contributed by atoms with Crippen LogP contribution in [0.1, 0.15) is 62.2 Å². The Hall–Kier alpha value is -1.36. The van der Waals surface area contributed by atoms with Gasteiger partial charge in [0, 0.05) is 37.2 Å². The number of nitrogens with one attached hydrogen (secondary N) is 1. The topological polar surface area (TPSA) is 58.4 Å². The molecule has 2 atom stereocenters. The van der Waals surface area contributed by atoms with Crippen LogP contribution in [-0.2, 0) is 0 Å². The Kier molecular flexibility index (Phi) is 4.02. The molecule has 0 unspecified atom stereocenters. The predicted molar refractivity (Wildman–Crippen MR) is 80.2 cm³/mol. The third-order valence-electron chi connectivity index (χ3n) is 4.96. The van der Waals surface area contributed by atoms with Crippen molar-refractivity contribution in [3.8, 4) is 0 Å². The number of carbonyl (C=O) groups excluding carboxylic acids is 1. The van der Waals surface area contributed by atoms with Gasteiger partial charge in [-0.2, -0.15) is 0 Å². The van der Waals surface area contributed by atoms with Crippen molar-refractivity contribution < 1.29 is 9.32 Å². The van der Waals surface area contributed by atoms with Crippen LogP contribution in [0.4, 0.5) is 0 Å². The molecule has 21 heavy (non-hydrogen) atoms. The largest absolute Gasteiger partial charge is 0.360 e. The van der Waals surface area contributed by atoms with E-state index in [1.807, 2.05) is 6.07 Å². The summed E-state index contributed by atoms with van der Waals surface area (Å²) in [5.74, 6) is 1.71. The van der Waals surface area contributed by atoms with Crippen LogP contribution < -0.4 is 5.32 Å². The second kappa shape index (κ2) is 5.79. The summed E-state index contributed by atoms with van der Waals surface area (Å²) in [6.07, 6.45) is 3.55. The Morgan fingerprint density at radius 1 is 1.43 bits per heavy atom. The summed E-state index contributed by atoms with van der Waals surface area (Å²) in [6, 6.07) is 2.54. The number of hydrogen-bond donors (Lipinski definition) is 1. The minimum Gasteiger partial charge on any atom is -0.360 e. The zero-order chi connectivity index (χ0) is 15.0. The van der Waals surface area contributed by atoms with Gasteiger partial charge >= 0.3 is 0 Å². The number of amides is 1. The molecule has 0 aromatic carbocycles. The van der Waals surface area contributed by atoms with Crippen LogP contribution in [0.25, 0.3) is 0 Å². The summed E-state index contributed by atoms with van der Waals surface area (Å²) in [7, 11) is 0. The maximum Gasteiger partial charge on any atom is 0.273 e. The molecule has 1 aliphatic heterocycles. The Labute approximate surface area is 126 Å². The van der Waals surface area contributed by atoms with Crippen molar-refractivity contribution >= 4 is 5.91 Å². The van der Waals surface area contributed by atoms with Crippen LogP contribution in [-0.4, -0.2) is 41.1 Å². The van der Waals surface area contributed by atoms with Crippen LogP contribution in [0.2, 0.25) is 0 Å². The molecule has 0 bridgehead atoms. The lowest BCUT2D eigenvalue weighted by molar-refractivity contribution is 0.0921. The van der Waals surface area contributed by atoms with Gasteiger partial charge in [-0.1, -0.05) is 18.5 Å². The predicted octanol–water partition coefficient (Wildman–Crippen LogP) is 2.40. The van der Waals surface area contributed by atoms with Crippen molar-refractivity contribution in [3.63, 3.8) is 0 Å². The molecule has 1 amide bonds. The molecule has 1 saturated carbocycles.